The van der Waals surface area contributed by atoms with Gasteiger partial charge in [0.2, 0.25) is 0 Å². The SMILES string of the molecule is CNC(c1ccc(Cl)c(Br)c1)c1cccc2c1OCCC2. The fourth-order valence-electron chi connectivity index (χ4n) is 2.84. The van der Waals surface area contributed by atoms with Crippen LogP contribution in [0.2, 0.25) is 5.02 Å². The Balaban J connectivity index is 2.06. The second-order valence-corrected chi connectivity index (χ2v) is 6.44. The molecule has 2 nitrogen and oxygen atoms in total. The molecular formula is C17H17BrClNO. The van der Waals surface area contributed by atoms with Crippen molar-refractivity contribution in [1.29, 1.82) is 0 Å². The van der Waals surface area contributed by atoms with Crippen LogP contribution in [0.3, 0.4) is 0 Å². The number of ether oxygens (including phenoxy) is 1. The quantitative estimate of drug-likeness (QED) is 0.847. The molecule has 0 saturated heterocycles. The van der Waals surface area contributed by atoms with Crippen molar-refractivity contribution in [2.75, 3.05) is 13.7 Å². The molecule has 110 valence electrons. The van der Waals surface area contributed by atoms with Gasteiger partial charge in [0, 0.05) is 10.0 Å². The van der Waals surface area contributed by atoms with Crippen LogP contribution >= 0.6 is 27.5 Å². The standard InChI is InChI=1S/C17H17BrClNO/c1-20-16(12-7-8-15(19)14(18)10-12)13-6-2-4-11-5-3-9-21-17(11)13/h2,4,6-8,10,16,20H,3,5,9H2,1H3. The first-order valence-corrected chi connectivity index (χ1v) is 8.24. The van der Waals surface area contributed by atoms with Crippen molar-refractivity contribution in [3.63, 3.8) is 0 Å². The first-order valence-electron chi connectivity index (χ1n) is 7.07. The Kier molecular flexibility index (Phi) is 4.53. The third kappa shape index (κ3) is 2.96. The number of benzene rings is 2. The Morgan fingerprint density at radius 1 is 1.29 bits per heavy atom. The van der Waals surface area contributed by atoms with Gasteiger partial charge in [-0.15, -0.1) is 0 Å². The molecular weight excluding hydrogens is 350 g/mol. The molecule has 21 heavy (non-hydrogen) atoms. The number of aryl methyl sites for hydroxylation is 1. The summed E-state index contributed by atoms with van der Waals surface area (Å²) >= 11 is 9.60. The fraction of sp³-hybridized carbons (Fsp3) is 0.294. The Labute approximate surface area is 138 Å². The Morgan fingerprint density at radius 3 is 2.90 bits per heavy atom. The van der Waals surface area contributed by atoms with Gasteiger partial charge in [0.1, 0.15) is 5.75 Å². The molecule has 1 aliphatic heterocycles. The van der Waals surface area contributed by atoms with Crippen LogP contribution in [0.15, 0.2) is 40.9 Å². The highest BCUT2D eigenvalue weighted by Gasteiger charge is 2.21. The summed E-state index contributed by atoms with van der Waals surface area (Å²) in [5, 5.41) is 4.11. The molecule has 0 saturated carbocycles. The van der Waals surface area contributed by atoms with Gasteiger partial charge in [-0.2, -0.15) is 0 Å². The minimum absolute atomic E-state index is 0.0895. The summed E-state index contributed by atoms with van der Waals surface area (Å²) in [6, 6.07) is 12.5. The Morgan fingerprint density at radius 2 is 2.14 bits per heavy atom. The molecule has 3 rings (SSSR count). The van der Waals surface area contributed by atoms with Crippen LogP contribution in [0.5, 0.6) is 5.75 Å². The zero-order valence-corrected chi connectivity index (χ0v) is 14.2. The molecule has 1 heterocycles. The zero-order valence-electron chi connectivity index (χ0n) is 11.8. The summed E-state index contributed by atoms with van der Waals surface area (Å²) in [6.45, 7) is 0.796. The van der Waals surface area contributed by atoms with Crippen LogP contribution in [0, 0.1) is 0 Å². The van der Waals surface area contributed by atoms with Crippen molar-refractivity contribution < 1.29 is 4.74 Å². The third-order valence-corrected chi connectivity index (χ3v) is 5.05. The fourth-order valence-corrected chi connectivity index (χ4v) is 3.35. The summed E-state index contributed by atoms with van der Waals surface area (Å²) in [7, 11) is 1.97. The molecule has 0 fully saturated rings. The van der Waals surface area contributed by atoms with Gasteiger partial charge in [-0.25, -0.2) is 0 Å². The first kappa shape index (κ1) is 14.9. The molecule has 1 unspecified atom stereocenters. The lowest BCUT2D eigenvalue weighted by Crippen LogP contribution is -2.20. The second-order valence-electron chi connectivity index (χ2n) is 5.18. The average Bonchev–Trinajstić information content (AvgIpc) is 2.52. The van der Waals surface area contributed by atoms with E-state index in [1.807, 2.05) is 13.1 Å². The van der Waals surface area contributed by atoms with E-state index in [9.17, 15) is 0 Å². The lowest BCUT2D eigenvalue weighted by molar-refractivity contribution is 0.283. The highest BCUT2D eigenvalue weighted by Crippen LogP contribution is 2.37. The van der Waals surface area contributed by atoms with Gasteiger partial charge in [0.25, 0.3) is 0 Å². The van der Waals surface area contributed by atoms with Gasteiger partial charge in [-0.1, -0.05) is 35.9 Å². The minimum Gasteiger partial charge on any atom is -0.493 e. The molecule has 2 aromatic rings. The minimum atomic E-state index is 0.0895. The van der Waals surface area contributed by atoms with Crippen LogP contribution in [-0.4, -0.2) is 13.7 Å². The molecule has 0 spiro atoms. The first-order chi connectivity index (χ1) is 10.2. The molecule has 0 amide bonds. The van der Waals surface area contributed by atoms with Crippen molar-refractivity contribution in [3.05, 3.63) is 62.6 Å². The molecule has 1 atom stereocenters. The Hall–Kier alpha value is -1.03. The zero-order chi connectivity index (χ0) is 14.8. The summed E-state index contributed by atoms with van der Waals surface area (Å²) < 4.78 is 6.84. The summed E-state index contributed by atoms with van der Waals surface area (Å²) in [6.07, 6.45) is 2.18. The highest BCUT2D eigenvalue weighted by molar-refractivity contribution is 9.10. The molecule has 1 aliphatic rings. The van der Waals surface area contributed by atoms with E-state index in [1.54, 1.807) is 0 Å². The van der Waals surface area contributed by atoms with Gasteiger partial charge >= 0.3 is 0 Å². The number of hydrogen-bond acceptors (Lipinski definition) is 2. The van der Waals surface area contributed by atoms with Crippen molar-refractivity contribution in [1.82, 2.24) is 5.32 Å². The average molecular weight is 367 g/mol. The molecule has 0 aromatic heterocycles. The van der Waals surface area contributed by atoms with Crippen LogP contribution in [0.25, 0.3) is 0 Å². The molecule has 0 radical (unpaired) electrons. The maximum atomic E-state index is 6.10. The molecule has 1 N–H and O–H groups in total. The summed E-state index contributed by atoms with van der Waals surface area (Å²) in [5.74, 6) is 1.04. The summed E-state index contributed by atoms with van der Waals surface area (Å²) in [4.78, 5) is 0. The predicted molar refractivity (Wildman–Crippen MR) is 90.3 cm³/mol. The predicted octanol–water partition coefficient (Wildman–Crippen LogP) is 4.74. The lowest BCUT2D eigenvalue weighted by atomic mass is 9.94. The van der Waals surface area contributed by atoms with Gasteiger partial charge in [0.05, 0.1) is 17.7 Å². The topological polar surface area (TPSA) is 21.3 Å². The van der Waals surface area contributed by atoms with Crippen LogP contribution in [0.1, 0.15) is 29.2 Å². The number of halogens is 2. The van der Waals surface area contributed by atoms with Crippen LogP contribution in [0.4, 0.5) is 0 Å². The number of rotatable bonds is 3. The monoisotopic (exact) mass is 365 g/mol. The van der Waals surface area contributed by atoms with E-state index >= 15 is 0 Å². The van der Waals surface area contributed by atoms with E-state index < -0.39 is 0 Å². The van der Waals surface area contributed by atoms with E-state index in [4.69, 9.17) is 16.3 Å². The summed E-state index contributed by atoms with van der Waals surface area (Å²) in [5.41, 5.74) is 3.65. The normalized spacial score (nSPS) is 15.2. The maximum Gasteiger partial charge on any atom is 0.127 e. The second kappa shape index (κ2) is 6.39. The molecule has 2 aromatic carbocycles. The van der Waals surface area contributed by atoms with E-state index in [0.717, 1.165) is 40.3 Å². The molecule has 0 bridgehead atoms. The molecule has 4 heteroatoms. The van der Waals surface area contributed by atoms with Gasteiger partial charge in [-0.05, 0) is 59.1 Å². The third-order valence-electron chi connectivity index (χ3n) is 3.84. The van der Waals surface area contributed by atoms with Crippen LogP contribution < -0.4 is 10.1 Å². The van der Waals surface area contributed by atoms with Gasteiger partial charge < -0.3 is 10.1 Å². The Bertz CT molecular complexity index is 659. The van der Waals surface area contributed by atoms with Gasteiger partial charge in [0.15, 0.2) is 0 Å². The van der Waals surface area contributed by atoms with E-state index in [0.29, 0.717) is 0 Å². The van der Waals surface area contributed by atoms with Crippen molar-refractivity contribution in [2.24, 2.45) is 0 Å². The highest BCUT2D eigenvalue weighted by atomic mass is 79.9. The lowest BCUT2D eigenvalue weighted by Gasteiger charge is -2.25. The molecule has 0 aliphatic carbocycles. The number of nitrogens with one attached hydrogen (secondary N) is 1. The van der Waals surface area contributed by atoms with Crippen molar-refractivity contribution in [2.45, 2.75) is 18.9 Å². The number of para-hydroxylation sites is 1. The maximum absolute atomic E-state index is 6.10. The van der Waals surface area contributed by atoms with Gasteiger partial charge in [-0.3, -0.25) is 0 Å². The van der Waals surface area contributed by atoms with Crippen molar-refractivity contribution >= 4 is 27.5 Å². The smallest absolute Gasteiger partial charge is 0.127 e. The van der Waals surface area contributed by atoms with Crippen LogP contribution in [-0.2, 0) is 6.42 Å². The largest absolute Gasteiger partial charge is 0.493 e. The van der Waals surface area contributed by atoms with E-state index in [-0.39, 0.29) is 6.04 Å². The van der Waals surface area contributed by atoms with E-state index in [2.05, 4.69) is 51.6 Å². The van der Waals surface area contributed by atoms with Crippen molar-refractivity contribution in [3.8, 4) is 5.75 Å². The number of hydrogen-bond donors (Lipinski definition) is 1. The van der Waals surface area contributed by atoms with E-state index in [1.165, 1.54) is 11.1 Å². The number of fused-ring (bicyclic) bond motifs is 1.